The van der Waals surface area contributed by atoms with E-state index in [1.54, 1.807) is 24.3 Å². The molecule has 0 saturated carbocycles. The lowest BCUT2D eigenvalue weighted by atomic mass is 10.1. The zero-order valence-electron chi connectivity index (χ0n) is 8.53. The van der Waals surface area contributed by atoms with Crippen molar-refractivity contribution in [1.82, 2.24) is 4.90 Å². The summed E-state index contributed by atoms with van der Waals surface area (Å²) in [6, 6.07) is 8.85. The Hall–Kier alpha value is -1.38. The fourth-order valence-corrected chi connectivity index (χ4v) is 1.86. The van der Waals surface area contributed by atoms with Crippen molar-refractivity contribution in [3.05, 3.63) is 35.9 Å². The second kappa shape index (κ2) is 4.43. The average molecular weight is 207 g/mol. The van der Waals surface area contributed by atoms with Gasteiger partial charge in [-0.1, -0.05) is 30.3 Å². The topological polar surface area (TPSA) is 20.3 Å². The predicted octanol–water partition coefficient (Wildman–Crippen LogP) is 2.67. The number of carbonyl (C=O) groups is 1. The number of hydrogen-bond acceptors (Lipinski definition) is 1. The van der Waals surface area contributed by atoms with E-state index in [9.17, 15) is 9.18 Å². The van der Waals surface area contributed by atoms with E-state index in [1.165, 1.54) is 4.90 Å². The monoisotopic (exact) mass is 207 g/mol. The van der Waals surface area contributed by atoms with Crippen molar-refractivity contribution in [3.63, 3.8) is 0 Å². The molecular weight excluding hydrogens is 193 g/mol. The number of halogens is 1. The van der Waals surface area contributed by atoms with Crippen LogP contribution in [-0.2, 0) is 4.79 Å². The number of nitrogens with zero attached hydrogens (tertiary/aromatic N) is 1. The van der Waals surface area contributed by atoms with Gasteiger partial charge < -0.3 is 4.90 Å². The van der Waals surface area contributed by atoms with Crippen molar-refractivity contribution < 1.29 is 9.18 Å². The van der Waals surface area contributed by atoms with Gasteiger partial charge in [-0.05, 0) is 12.8 Å². The molecule has 15 heavy (non-hydrogen) atoms. The summed E-state index contributed by atoms with van der Waals surface area (Å²) in [5.41, 5.74) is 0.563. The smallest absolute Gasteiger partial charge is 0.225 e. The predicted molar refractivity (Wildman–Crippen MR) is 55.9 cm³/mol. The lowest BCUT2D eigenvalue weighted by Crippen LogP contribution is -2.36. The maximum absolute atomic E-state index is 14.0. The van der Waals surface area contributed by atoms with Gasteiger partial charge in [0.05, 0.1) is 0 Å². The van der Waals surface area contributed by atoms with Crippen LogP contribution < -0.4 is 0 Å². The SMILES string of the molecule is O=C1CCCCN1C(F)c1ccccc1. The second-order valence-corrected chi connectivity index (χ2v) is 3.79. The van der Waals surface area contributed by atoms with E-state index in [1.807, 2.05) is 6.07 Å². The zero-order valence-corrected chi connectivity index (χ0v) is 8.53. The molecule has 1 saturated heterocycles. The number of likely N-dealkylation sites (tertiary alicyclic amines) is 1. The maximum atomic E-state index is 14.0. The Kier molecular flexibility index (Phi) is 2.99. The lowest BCUT2D eigenvalue weighted by molar-refractivity contribution is -0.140. The van der Waals surface area contributed by atoms with E-state index in [0.29, 0.717) is 18.5 Å². The quantitative estimate of drug-likeness (QED) is 0.683. The fraction of sp³-hybridized carbons (Fsp3) is 0.417. The van der Waals surface area contributed by atoms with Crippen LogP contribution in [0.3, 0.4) is 0 Å². The largest absolute Gasteiger partial charge is 0.309 e. The third kappa shape index (κ3) is 2.17. The van der Waals surface area contributed by atoms with E-state index in [-0.39, 0.29) is 5.91 Å². The molecule has 0 radical (unpaired) electrons. The first-order chi connectivity index (χ1) is 7.29. The summed E-state index contributed by atoms with van der Waals surface area (Å²) in [5, 5.41) is 0. The molecule has 2 nitrogen and oxygen atoms in total. The van der Waals surface area contributed by atoms with Crippen LogP contribution >= 0.6 is 0 Å². The molecule has 1 aliphatic rings. The molecule has 0 aromatic heterocycles. The van der Waals surface area contributed by atoms with Crippen molar-refractivity contribution in [2.45, 2.75) is 25.6 Å². The normalized spacial score (nSPS) is 19.0. The van der Waals surface area contributed by atoms with Crippen LogP contribution in [0, 0.1) is 0 Å². The highest BCUT2D eigenvalue weighted by atomic mass is 19.1. The van der Waals surface area contributed by atoms with E-state index >= 15 is 0 Å². The Bertz CT molecular complexity index is 339. The molecule has 1 aliphatic heterocycles. The molecule has 2 rings (SSSR count). The molecule has 0 aliphatic carbocycles. The Morgan fingerprint density at radius 1 is 1.20 bits per heavy atom. The Balaban J connectivity index is 2.13. The van der Waals surface area contributed by atoms with Crippen LogP contribution in [0.1, 0.15) is 31.1 Å². The molecule has 1 fully saturated rings. The van der Waals surface area contributed by atoms with Gasteiger partial charge in [-0.2, -0.15) is 0 Å². The summed E-state index contributed by atoms with van der Waals surface area (Å²) < 4.78 is 14.0. The molecule has 0 N–H and O–H groups in total. The van der Waals surface area contributed by atoms with E-state index in [4.69, 9.17) is 0 Å². The first kappa shape index (κ1) is 10.1. The lowest BCUT2D eigenvalue weighted by Gasteiger charge is -2.29. The summed E-state index contributed by atoms with van der Waals surface area (Å²) in [4.78, 5) is 12.8. The zero-order chi connectivity index (χ0) is 10.7. The standard InChI is InChI=1S/C12H14FNO/c13-12(10-6-2-1-3-7-10)14-9-5-4-8-11(14)15/h1-3,6-7,12H,4-5,8-9H2. The Morgan fingerprint density at radius 2 is 1.93 bits per heavy atom. The highest BCUT2D eigenvalue weighted by Gasteiger charge is 2.26. The van der Waals surface area contributed by atoms with Gasteiger partial charge in [0.15, 0.2) is 0 Å². The number of rotatable bonds is 2. The fourth-order valence-electron chi connectivity index (χ4n) is 1.86. The minimum Gasteiger partial charge on any atom is -0.309 e. The van der Waals surface area contributed by atoms with Crippen LogP contribution in [0.25, 0.3) is 0 Å². The molecule has 1 aromatic carbocycles. The highest BCUT2D eigenvalue weighted by Crippen LogP contribution is 2.26. The van der Waals surface area contributed by atoms with Crippen LogP contribution in [0.2, 0.25) is 0 Å². The number of alkyl halides is 1. The van der Waals surface area contributed by atoms with Crippen molar-refractivity contribution in [3.8, 4) is 0 Å². The minimum absolute atomic E-state index is 0.0717. The number of benzene rings is 1. The summed E-state index contributed by atoms with van der Waals surface area (Å²) in [7, 11) is 0. The van der Waals surface area contributed by atoms with Crippen molar-refractivity contribution >= 4 is 5.91 Å². The summed E-state index contributed by atoms with van der Waals surface area (Å²) in [6.45, 7) is 0.537. The summed E-state index contributed by atoms with van der Waals surface area (Å²) >= 11 is 0. The minimum atomic E-state index is -1.28. The van der Waals surface area contributed by atoms with E-state index in [0.717, 1.165) is 12.8 Å². The first-order valence-corrected chi connectivity index (χ1v) is 5.27. The molecule has 1 aromatic rings. The molecule has 0 bridgehead atoms. The van der Waals surface area contributed by atoms with Gasteiger partial charge in [0.2, 0.25) is 12.2 Å². The molecule has 1 heterocycles. The van der Waals surface area contributed by atoms with Gasteiger partial charge in [-0.25, -0.2) is 4.39 Å². The summed E-state index contributed by atoms with van der Waals surface area (Å²) in [5.74, 6) is -0.0717. The molecule has 1 amide bonds. The summed E-state index contributed by atoms with van der Waals surface area (Å²) in [6.07, 6.45) is 0.988. The Morgan fingerprint density at radius 3 is 2.60 bits per heavy atom. The number of hydrogen-bond donors (Lipinski definition) is 0. The van der Waals surface area contributed by atoms with E-state index < -0.39 is 6.30 Å². The molecule has 3 heteroatoms. The first-order valence-electron chi connectivity index (χ1n) is 5.27. The molecular formula is C12H14FNO. The second-order valence-electron chi connectivity index (χ2n) is 3.79. The van der Waals surface area contributed by atoms with Crippen molar-refractivity contribution in [1.29, 1.82) is 0 Å². The third-order valence-corrected chi connectivity index (χ3v) is 2.71. The molecule has 1 atom stereocenters. The Labute approximate surface area is 88.7 Å². The number of amides is 1. The van der Waals surface area contributed by atoms with Gasteiger partial charge in [-0.3, -0.25) is 4.79 Å². The van der Waals surface area contributed by atoms with Gasteiger partial charge in [0.1, 0.15) is 0 Å². The van der Waals surface area contributed by atoms with Crippen LogP contribution in [0.4, 0.5) is 4.39 Å². The van der Waals surface area contributed by atoms with Crippen LogP contribution in [0.5, 0.6) is 0 Å². The molecule has 0 spiro atoms. The third-order valence-electron chi connectivity index (χ3n) is 2.71. The van der Waals surface area contributed by atoms with Gasteiger partial charge in [0.25, 0.3) is 0 Å². The van der Waals surface area contributed by atoms with Crippen LogP contribution in [0.15, 0.2) is 30.3 Å². The molecule has 80 valence electrons. The molecule has 1 unspecified atom stereocenters. The number of carbonyl (C=O) groups excluding carboxylic acids is 1. The van der Waals surface area contributed by atoms with E-state index in [2.05, 4.69) is 0 Å². The maximum Gasteiger partial charge on any atom is 0.225 e. The van der Waals surface area contributed by atoms with Gasteiger partial charge >= 0.3 is 0 Å². The highest BCUT2D eigenvalue weighted by molar-refractivity contribution is 5.77. The van der Waals surface area contributed by atoms with Crippen molar-refractivity contribution in [2.24, 2.45) is 0 Å². The van der Waals surface area contributed by atoms with Gasteiger partial charge in [-0.15, -0.1) is 0 Å². The van der Waals surface area contributed by atoms with Gasteiger partial charge in [0, 0.05) is 18.5 Å². The average Bonchev–Trinajstić information content (AvgIpc) is 2.30. The van der Waals surface area contributed by atoms with Crippen molar-refractivity contribution in [2.75, 3.05) is 6.54 Å². The number of piperidine rings is 1. The van der Waals surface area contributed by atoms with Crippen LogP contribution in [-0.4, -0.2) is 17.4 Å².